The van der Waals surface area contributed by atoms with Crippen molar-refractivity contribution in [3.8, 4) is 11.5 Å². The molecule has 0 bridgehead atoms. The Morgan fingerprint density at radius 2 is 1.91 bits per heavy atom. The van der Waals surface area contributed by atoms with Crippen molar-refractivity contribution in [1.82, 2.24) is 0 Å². The Balaban J connectivity index is 1.94. The molecule has 0 radical (unpaired) electrons. The van der Waals surface area contributed by atoms with Gasteiger partial charge < -0.3 is 19.9 Å². The van der Waals surface area contributed by atoms with E-state index >= 15 is 0 Å². The van der Waals surface area contributed by atoms with E-state index in [2.05, 4.69) is 12.1 Å². The van der Waals surface area contributed by atoms with Crippen molar-refractivity contribution in [1.29, 1.82) is 0 Å². The topological polar surface area (TPSA) is 53.7 Å². The summed E-state index contributed by atoms with van der Waals surface area (Å²) < 4.78 is 17.5. The lowest BCUT2D eigenvalue weighted by Gasteiger charge is -2.38. The van der Waals surface area contributed by atoms with Crippen molar-refractivity contribution >= 4 is 0 Å². The lowest BCUT2D eigenvalue weighted by Crippen LogP contribution is -2.38. The van der Waals surface area contributed by atoms with Crippen LogP contribution in [0.15, 0.2) is 18.2 Å². The number of ether oxygens (including phenoxy) is 3. The molecular weight excluding hydrogens is 290 g/mol. The second-order valence-electron chi connectivity index (χ2n) is 6.81. The summed E-state index contributed by atoms with van der Waals surface area (Å²) in [5, 5.41) is 0. The molecule has 4 nitrogen and oxygen atoms in total. The first kappa shape index (κ1) is 16.6. The molecule has 23 heavy (non-hydrogen) atoms. The maximum Gasteiger partial charge on any atom is 0.165 e. The average molecular weight is 319 g/mol. The number of rotatable bonds is 5. The average Bonchev–Trinajstić information content (AvgIpc) is 2.63. The largest absolute Gasteiger partial charge is 0.493 e. The van der Waals surface area contributed by atoms with Gasteiger partial charge in [-0.2, -0.15) is 0 Å². The van der Waals surface area contributed by atoms with Crippen molar-refractivity contribution in [2.45, 2.75) is 56.5 Å². The number of hydrogen-bond acceptors (Lipinski definition) is 4. The number of benzene rings is 1. The summed E-state index contributed by atoms with van der Waals surface area (Å²) in [5.74, 6) is 1.74. The minimum absolute atomic E-state index is 0.0350. The predicted octanol–water partition coefficient (Wildman–Crippen LogP) is 3.41. The van der Waals surface area contributed by atoms with Gasteiger partial charge in [-0.05, 0) is 18.9 Å². The highest BCUT2D eigenvalue weighted by Crippen LogP contribution is 2.46. The van der Waals surface area contributed by atoms with E-state index in [1.165, 1.54) is 24.8 Å². The summed E-state index contributed by atoms with van der Waals surface area (Å²) in [5.41, 5.74) is 7.52. The van der Waals surface area contributed by atoms with Crippen LogP contribution < -0.4 is 15.2 Å². The quantitative estimate of drug-likeness (QED) is 0.903. The zero-order valence-electron chi connectivity index (χ0n) is 14.2. The molecule has 1 saturated carbocycles. The van der Waals surface area contributed by atoms with E-state index in [9.17, 15) is 0 Å². The van der Waals surface area contributed by atoms with Crippen molar-refractivity contribution in [2.75, 3.05) is 26.9 Å². The van der Waals surface area contributed by atoms with Crippen molar-refractivity contribution in [3.05, 3.63) is 23.8 Å². The third-order valence-corrected chi connectivity index (χ3v) is 5.42. The number of methoxy groups -OCH3 is 1. The van der Waals surface area contributed by atoms with Gasteiger partial charge in [-0.1, -0.05) is 31.4 Å². The Labute approximate surface area is 139 Å². The summed E-state index contributed by atoms with van der Waals surface area (Å²) in [6, 6.07) is 6.25. The van der Waals surface area contributed by atoms with Crippen LogP contribution in [-0.2, 0) is 10.2 Å². The Bertz CT molecular complexity index is 505. The molecule has 0 aromatic heterocycles. The lowest BCUT2D eigenvalue weighted by molar-refractivity contribution is 0.0234. The van der Waals surface area contributed by atoms with Crippen LogP contribution in [0.2, 0.25) is 0 Å². The molecule has 1 saturated heterocycles. The monoisotopic (exact) mass is 319 g/mol. The van der Waals surface area contributed by atoms with Crippen LogP contribution in [0.1, 0.15) is 50.5 Å². The van der Waals surface area contributed by atoms with Gasteiger partial charge in [0.2, 0.25) is 0 Å². The van der Waals surface area contributed by atoms with Crippen LogP contribution in [0.3, 0.4) is 0 Å². The highest BCUT2D eigenvalue weighted by atomic mass is 16.5. The van der Waals surface area contributed by atoms with Crippen LogP contribution in [0.5, 0.6) is 11.5 Å². The van der Waals surface area contributed by atoms with E-state index in [-0.39, 0.29) is 11.5 Å². The molecule has 128 valence electrons. The molecule has 2 N–H and O–H groups in total. The van der Waals surface area contributed by atoms with E-state index in [4.69, 9.17) is 19.9 Å². The van der Waals surface area contributed by atoms with Gasteiger partial charge in [0.15, 0.2) is 11.5 Å². The SMILES string of the molecule is COc1cccc(C2(CN)CCCCC2)c1OC1CCOCC1. The molecule has 2 aliphatic rings. The van der Waals surface area contributed by atoms with E-state index in [1.54, 1.807) is 7.11 Å². The second kappa shape index (κ2) is 7.54. The summed E-state index contributed by atoms with van der Waals surface area (Å²) in [6.45, 7) is 2.22. The fraction of sp³-hybridized carbons (Fsp3) is 0.684. The van der Waals surface area contributed by atoms with Crippen LogP contribution in [-0.4, -0.2) is 33.0 Å². The first-order valence-corrected chi connectivity index (χ1v) is 8.91. The molecule has 0 unspecified atom stereocenters. The minimum Gasteiger partial charge on any atom is -0.493 e. The van der Waals surface area contributed by atoms with E-state index in [0.717, 1.165) is 50.4 Å². The van der Waals surface area contributed by atoms with Crippen molar-refractivity contribution in [3.63, 3.8) is 0 Å². The Morgan fingerprint density at radius 1 is 1.17 bits per heavy atom. The van der Waals surface area contributed by atoms with Gasteiger partial charge in [-0.15, -0.1) is 0 Å². The Morgan fingerprint density at radius 3 is 2.57 bits per heavy atom. The molecule has 1 aromatic rings. The van der Waals surface area contributed by atoms with Gasteiger partial charge in [-0.3, -0.25) is 0 Å². The lowest BCUT2D eigenvalue weighted by atomic mass is 9.69. The number of hydrogen-bond donors (Lipinski definition) is 1. The molecule has 1 heterocycles. The fourth-order valence-electron chi connectivity index (χ4n) is 3.99. The molecule has 3 rings (SSSR count). The van der Waals surface area contributed by atoms with Gasteiger partial charge in [0, 0.05) is 30.4 Å². The van der Waals surface area contributed by atoms with Gasteiger partial charge >= 0.3 is 0 Å². The van der Waals surface area contributed by atoms with Crippen molar-refractivity contribution in [2.24, 2.45) is 5.73 Å². The number of para-hydroxylation sites is 1. The Hall–Kier alpha value is -1.26. The maximum absolute atomic E-state index is 6.43. The molecule has 4 heteroatoms. The molecular formula is C19H29NO3. The summed E-state index contributed by atoms with van der Waals surface area (Å²) in [6.07, 6.45) is 8.15. The second-order valence-corrected chi connectivity index (χ2v) is 6.81. The standard InChI is InChI=1S/C19H29NO3/c1-21-17-7-5-6-16(19(14-20)10-3-2-4-11-19)18(17)23-15-8-12-22-13-9-15/h5-7,15H,2-4,8-14,20H2,1H3. The van der Waals surface area contributed by atoms with Crippen molar-refractivity contribution < 1.29 is 14.2 Å². The highest BCUT2D eigenvalue weighted by molar-refractivity contribution is 5.51. The van der Waals surface area contributed by atoms with Crippen LogP contribution in [0.4, 0.5) is 0 Å². The van der Waals surface area contributed by atoms with Crippen LogP contribution in [0, 0.1) is 0 Å². The first-order valence-electron chi connectivity index (χ1n) is 8.91. The first-order chi connectivity index (χ1) is 11.3. The summed E-state index contributed by atoms with van der Waals surface area (Å²) >= 11 is 0. The molecule has 0 atom stereocenters. The zero-order valence-corrected chi connectivity index (χ0v) is 14.2. The summed E-state index contributed by atoms with van der Waals surface area (Å²) in [4.78, 5) is 0. The predicted molar refractivity (Wildman–Crippen MR) is 91.3 cm³/mol. The number of nitrogens with two attached hydrogens (primary N) is 1. The smallest absolute Gasteiger partial charge is 0.165 e. The summed E-state index contributed by atoms with van der Waals surface area (Å²) in [7, 11) is 1.71. The Kier molecular flexibility index (Phi) is 5.44. The van der Waals surface area contributed by atoms with Gasteiger partial charge in [0.05, 0.1) is 20.3 Å². The van der Waals surface area contributed by atoms with Crippen LogP contribution in [0.25, 0.3) is 0 Å². The maximum atomic E-state index is 6.43. The molecule has 2 fully saturated rings. The van der Waals surface area contributed by atoms with E-state index in [1.807, 2.05) is 6.07 Å². The van der Waals surface area contributed by atoms with E-state index in [0.29, 0.717) is 6.54 Å². The normalized spacial score (nSPS) is 21.8. The zero-order chi connectivity index (χ0) is 16.1. The van der Waals surface area contributed by atoms with E-state index < -0.39 is 0 Å². The molecule has 1 aliphatic heterocycles. The molecule has 1 aliphatic carbocycles. The van der Waals surface area contributed by atoms with Gasteiger partial charge in [-0.25, -0.2) is 0 Å². The van der Waals surface area contributed by atoms with Gasteiger partial charge in [0.1, 0.15) is 6.10 Å². The van der Waals surface area contributed by atoms with Gasteiger partial charge in [0.25, 0.3) is 0 Å². The molecule has 0 amide bonds. The molecule has 0 spiro atoms. The third kappa shape index (κ3) is 3.48. The molecule has 1 aromatic carbocycles. The highest BCUT2D eigenvalue weighted by Gasteiger charge is 2.36. The third-order valence-electron chi connectivity index (χ3n) is 5.42. The van der Waals surface area contributed by atoms with Crippen LogP contribution >= 0.6 is 0 Å². The minimum atomic E-state index is 0.0350. The fourth-order valence-corrected chi connectivity index (χ4v) is 3.99.